The van der Waals surface area contributed by atoms with Gasteiger partial charge in [0.25, 0.3) is 11.8 Å². The number of carbonyl (C=O) groups is 2. The maximum atomic E-state index is 13.4. The van der Waals surface area contributed by atoms with Crippen LogP contribution < -0.4 is 10.9 Å². The van der Waals surface area contributed by atoms with Crippen LogP contribution in [-0.2, 0) is 0 Å². The molecule has 2 N–H and O–H groups in total. The molecule has 1 aromatic carbocycles. The summed E-state index contributed by atoms with van der Waals surface area (Å²) >= 11 is 0. The highest BCUT2D eigenvalue weighted by molar-refractivity contribution is 5.99. The summed E-state index contributed by atoms with van der Waals surface area (Å²) in [4.78, 5) is 23.5. The number of halogens is 1. The number of hydrogen-bond donors (Lipinski definition) is 2. The van der Waals surface area contributed by atoms with Crippen molar-refractivity contribution in [3.05, 3.63) is 58.8 Å². The number of rotatable bonds is 2. The van der Waals surface area contributed by atoms with Crippen molar-refractivity contribution in [3.63, 3.8) is 0 Å². The van der Waals surface area contributed by atoms with Gasteiger partial charge in [-0.1, -0.05) is 12.1 Å². The van der Waals surface area contributed by atoms with Gasteiger partial charge in [-0.2, -0.15) is 0 Å². The second-order valence-electron chi connectivity index (χ2n) is 4.22. The summed E-state index contributed by atoms with van der Waals surface area (Å²) < 4.78 is 18.6. The first-order valence-electron chi connectivity index (χ1n) is 5.91. The molecule has 0 spiro atoms. The Labute approximate surface area is 114 Å². The molecule has 0 unspecified atom stereocenters. The Balaban J connectivity index is 2.02. The number of nitrogens with one attached hydrogen (secondary N) is 2. The van der Waals surface area contributed by atoms with Crippen LogP contribution in [0.5, 0.6) is 0 Å². The molecule has 1 heterocycles. The van der Waals surface area contributed by atoms with Crippen LogP contribution in [0.2, 0.25) is 0 Å². The molecule has 1 aromatic heterocycles. The first-order valence-corrected chi connectivity index (χ1v) is 5.91. The van der Waals surface area contributed by atoms with Crippen molar-refractivity contribution in [2.24, 2.45) is 0 Å². The molecule has 0 radical (unpaired) electrons. The molecule has 2 amide bonds. The van der Waals surface area contributed by atoms with Gasteiger partial charge in [-0.05, 0) is 32.0 Å². The number of hydrazine groups is 1. The highest BCUT2D eigenvalue weighted by Gasteiger charge is 2.15. The van der Waals surface area contributed by atoms with Gasteiger partial charge >= 0.3 is 0 Å². The van der Waals surface area contributed by atoms with Gasteiger partial charge in [0, 0.05) is 0 Å². The van der Waals surface area contributed by atoms with Gasteiger partial charge < -0.3 is 4.42 Å². The maximum absolute atomic E-state index is 13.4. The minimum Gasteiger partial charge on any atom is -0.466 e. The molecule has 0 aliphatic heterocycles. The topological polar surface area (TPSA) is 71.3 Å². The van der Waals surface area contributed by atoms with E-state index in [0.717, 1.165) is 0 Å². The molecule has 0 atom stereocenters. The van der Waals surface area contributed by atoms with E-state index < -0.39 is 17.6 Å². The van der Waals surface area contributed by atoms with Crippen LogP contribution in [0, 0.1) is 19.7 Å². The van der Waals surface area contributed by atoms with E-state index in [-0.39, 0.29) is 5.56 Å². The second kappa shape index (κ2) is 5.56. The first kappa shape index (κ1) is 13.8. The van der Waals surface area contributed by atoms with Crippen LogP contribution in [0.25, 0.3) is 0 Å². The van der Waals surface area contributed by atoms with Crippen LogP contribution in [-0.4, -0.2) is 11.8 Å². The van der Waals surface area contributed by atoms with Crippen LogP contribution in [0.3, 0.4) is 0 Å². The average Bonchev–Trinajstić information content (AvgIpc) is 2.75. The number of furan rings is 1. The highest BCUT2D eigenvalue weighted by atomic mass is 19.1. The zero-order valence-electron chi connectivity index (χ0n) is 11.0. The number of aryl methyl sites for hydroxylation is 2. The monoisotopic (exact) mass is 276 g/mol. The third kappa shape index (κ3) is 2.85. The second-order valence-corrected chi connectivity index (χ2v) is 4.22. The Morgan fingerprint density at radius 1 is 1.05 bits per heavy atom. The summed E-state index contributed by atoms with van der Waals surface area (Å²) in [5.41, 5.74) is 4.54. The molecule has 0 saturated carbocycles. The highest BCUT2D eigenvalue weighted by Crippen LogP contribution is 2.13. The Bertz CT molecular complexity index is 664. The van der Waals surface area contributed by atoms with E-state index in [9.17, 15) is 14.0 Å². The van der Waals surface area contributed by atoms with E-state index >= 15 is 0 Å². The Kier molecular flexibility index (Phi) is 3.84. The fraction of sp³-hybridized carbons (Fsp3) is 0.143. The number of hydrogen-bond acceptors (Lipinski definition) is 3. The molecule has 2 aromatic rings. The van der Waals surface area contributed by atoms with Gasteiger partial charge in [-0.15, -0.1) is 0 Å². The van der Waals surface area contributed by atoms with Gasteiger partial charge in [0.15, 0.2) is 0 Å². The maximum Gasteiger partial charge on any atom is 0.273 e. The molecule has 0 saturated heterocycles. The fourth-order valence-corrected chi connectivity index (χ4v) is 1.75. The van der Waals surface area contributed by atoms with Crippen LogP contribution >= 0.6 is 0 Å². The molecule has 104 valence electrons. The summed E-state index contributed by atoms with van der Waals surface area (Å²) in [6, 6.07) is 7.05. The summed E-state index contributed by atoms with van der Waals surface area (Å²) in [6.45, 7) is 3.35. The van der Waals surface area contributed by atoms with Crippen LogP contribution in [0.4, 0.5) is 4.39 Å². The van der Waals surface area contributed by atoms with Crippen LogP contribution in [0.15, 0.2) is 34.7 Å². The van der Waals surface area contributed by atoms with Gasteiger partial charge in [-0.3, -0.25) is 20.4 Å². The summed E-state index contributed by atoms with van der Waals surface area (Å²) in [5.74, 6) is -0.874. The molecular weight excluding hydrogens is 263 g/mol. The normalized spacial score (nSPS) is 10.2. The van der Waals surface area contributed by atoms with Crippen LogP contribution in [0.1, 0.15) is 32.2 Å². The van der Waals surface area contributed by atoms with Gasteiger partial charge in [0.05, 0.1) is 11.1 Å². The van der Waals surface area contributed by atoms with Crippen molar-refractivity contribution in [3.8, 4) is 0 Å². The number of benzene rings is 1. The Hall–Kier alpha value is -2.63. The van der Waals surface area contributed by atoms with E-state index in [1.807, 2.05) is 0 Å². The van der Waals surface area contributed by atoms with E-state index in [4.69, 9.17) is 4.42 Å². The zero-order valence-corrected chi connectivity index (χ0v) is 11.0. The smallest absolute Gasteiger partial charge is 0.273 e. The van der Waals surface area contributed by atoms with E-state index in [0.29, 0.717) is 17.1 Å². The molecular formula is C14H13FN2O3. The lowest BCUT2D eigenvalue weighted by Gasteiger charge is -2.07. The third-order valence-electron chi connectivity index (χ3n) is 2.69. The molecule has 0 fully saturated rings. The van der Waals surface area contributed by atoms with Gasteiger partial charge in [0.1, 0.15) is 17.3 Å². The average molecular weight is 276 g/mol. The quantitative estimate of drug-likeness (QED) is 0.825. The van der Waals surface area contributed by atoms with Crippen molar-refractivity contribution in [1.29, 1.82) is 0 Å². The van der Waals surface area contributed by atoms with Crippen molar-refractivity contribution in [1.82, 2.24) is 10.9 Å². The molecule has 20 heavy (non-hydrogen) atoms. The predicted molar refractivity (Wildman–Crippen MR) is 69.5 cm³/mol. The van der Waals surface area contributed by atoms with E-state index in [1.165, 1.54) is 24.3 Å². The third-order valence-corrected chi connectivity index (χ3v) is 2.69. The lowest BCUT2D eigenvalue weighted by molar-refractivity contribution is 0.0843. The lowest BCUT2D eigenvalue weighted by Crippen LogP contribution is -2.42. The Morgan fingerprint density at radius 3 is 2.20 bits per heavy atom. The number of carbonyl (C=O) groups excluding carboxylic acids is 2. The van der Waals surface area contributed by atoms with Gasteiger partial charge in [0.2, 0.25) is 0 Å². The van der Waals surface area contributed by atoms with E-state index in [2.05, 4.69) is 10.9 Å². The summed E-state index contributed by atoms with van der Waals surface area (Å²) in [6.07, 6.45) is 0. The predicted octanol–water partition coefficient (Wildman–Crippen LogP) is 2.11. The summed E-state index contributed by atoms with van der Waals surface area (Å²) in [7, 11) is 0. The Morgan fingerprint density at radius 2 is 1.65 bits per heavy atom. The molecule has 0 aliphatic carbocycles. The SMILES string of the molecule is Cc1cc(C(=O)NNC(=O)c2ccccc2F)c(C)o1. The van der Waals surface area contributed by atoms with Gasteiger partial charge in [-0.25, -0.2) is 4.39 Å². The minimum absolute atomic E-state index is 0.145. The zero-order chi connectivity index (χ0) is 14.7. The van der Waals surface area contributed by atoms with Crippen molar-refractivity contribution in [2.75, 3.05) is 0 Å². The fourth-order valence-electron chi connectivity index (χ4n) is 1.75. The molecule has 5 nitrogen and oxygen atoms in total. The largest absolute Gasteiger partial charge is 0.466 e. The van der Waals surface area contributed by atoms with Crippen molar-refractivity contribution >= 4 is 11.8 Å². The number of amides is 2. The standard InChI is InChI=1S/C14H13FN2O3/c1-8-7-11(9(2)20-8)14(19)17-16-13(18)10-5-3-4-6-12(10)15/h3-7H,1-2H3,(H,16,18)(H,17,19). The molecule has 0 aliphatic rings. The van der Waals surface area contributed by atoms with E-state index in [1.54, 1.807) is 19.9 Å². The van der Waals surface area contributed by atoms with Crippen molar-refractivity contribution < 1.29 is 18.4 Å². The molecule has 2 rings (SSSR count). The first-order chi connectivity index (χ1) is 9.49. The minimum atomic E-state index is -0.727. The van der Waals surface area contributed by atoms with Crippen molar-refractivity contribution in [2.45, 2.75) is 13.8 Å². The molecule has 6 heteroatoms. The summed E-state index contributed by atoms with van der Waals surface area (Å²) in [5, 5.41) is 0. The lowest BCUT2D eigenvalue weighted by atomic mass is 10.2. The molecule has 0 bridgehead atoms.